The predicted molar refractivity (Wildman–Crippen MR) is 67.7 cm³/mol. The van der Waals surface area contributed by atoms with E-state index >= 15 is 0 Å². The average molecular weight is 271 g/mol. The monoisotopic (exact) mass is 270 g/mol. The number of nitrogens with one attached hydrogen (secondary N) is 1. The lowest BCUT2D eigenvalue weighted by Crippen LogP contribution is -2.32. The van der Waals surface area contributed by atoms with Crippen LogP contribution in [0, 0.1) is 0 Å². The van der Waals surface area contributed by atoms with E-state index in [-0.39, 0.29) is 23.5 Å². The lowest BCUT2D eigenvalue weighted by molar-refractivity contribution is -0.137. The van der Waals surface area contributed by atoms with E-state index in [0.29, 0.717) is 18.4 Å². The molecule has 0 fully saturated rings. The molecule has 98 valence electrons. The number of pyridine rings is 1. The topological polar surface area (TPSA) is 79.3 Å². The summed E-state index contributed by atoms with van der Waals surface area (Å²) in [7, 11) is 0. The van der Waals surface area contributed by atoms with Gasteiger partial charge in [-0.05, 0) is 31.9 Å². The second-order valence-corrected chi connectivity index (χ2v) is 4.41. The molecule has 1 rings (SSSR count). The first-order valence-corrected chi connectivity index (χ1v) is 6.01. The van der Waals surface area contributed by atoms with Gasteiger partial charge in [0.05, 0.1) is 0 Å². The quantitative estimate of drug-likeness (QED) is 0.776. The number of halogens is 1. The molecule has 5 nitrogen and oxygen atoms in total. The summed E-state index contributed by atoms with van der Waals surface area (Å²) in [6.07, 6.45) is 2.73. The highest BCUT2D eigenvalue weighted by Gasteiger charge is 2.10. The van der Waals surface area contributed by atoms with Gasteiger partial charge in [0, 0.05) is 24.2 Å². The third kappa shape index (κ3) is 5.14. The van der Waals surface area contributed by atoms with Crippen LogP contribution in [0.1, 0.15) is 36.5 Å². The second-order valence-electron chi connectivity index (χ2n) is 4.03. The molecule has 0 aliphatic rings. The van der Waals surface area contributed by atoms with Crippen molar-refractivity contribution in [2.45, 2.75) is 32.2 Å². The molecule has 1 heterocycles. The minimum absolute atomic E-state index is 0.0798. The van der Waals surface area contributed by atoms with Crippen LogP contribution in [-0.4, -0.2) is 28.0 Å². The molecule has 1 atom stereocenters. The zero-order valence-corrected chi connectivity index (χ0v) is 10.8. The molecule has 1 aromatic rings. The van der Waals surface area contributed by atoms with Gasteiger partial charge in [-0.25, -0.2) is 4.98 Å². The van der Waals surface area contributed by atoms with Gasteiger partial charge in [0.2, 0.25) is 0 Å². The number of rotatable bonds is 6. The van der Waals surface area contributed by atoms with Gasteiger partial charge in [0.1, 0.15) is 5.15 Å². The van der Waals surface area contributed by atoms with Gasteiger partial charge in [0.25, 0.3) is 5.91 Å². The van der Waals surface area contributed by atoms with Gasteiger partial charge >= 0.3 is 5.97 Å². The van der Waals surface area contributed by atoms with E-state index in [1.807, 2.05) is 6.92 Å². The van der Waals surface area contributed by atoms with Gasteiger partial charge in [-0.1, -0.05) is 11.6 Å². The van der Waals surface area contributed by atoms with Crippen molar-refractivity contribution < 1.29 is 14.7 Å². The molecule has 0 radical (unpaired) electrons. The number of carboxylic acids is 1. The van der Waals surface area contributed by atoms with E-state index in [4.69, 9.17) is 16.7 Å². The molecule has 1 unspecified atom stereocenters. The third-order valence-corrected chi connectivity index (χ3v) is 2.60. The van der Waals surface area contributed by atoms with Crippen molar-refractivity contribution in [3.05, 3.63) is 29.0 Å². The summed E-state index contributed by atoms with van der Waals surface area (Å²) in [5.41, 5.74) is 0.445. The van der Waals surface area contributed by atoms with E-state index in [1.54, 1.807) is 6.07 Å². The zero-order chi connectivity index (χ0) is 13.5. The molecule has 0 bridgehead atoms. The molecule has 2 N–H and O–H groups in total. The fraction of sp³-hybridized carbons (Fsp3) is 0.417. The van der Waals surface area contributed by atoms with Crippen molar-refractivity contribution in [1.82, 2.24) is 10.3 Å². The van der Waals surface area contributed by atoms with Gasteiger partial charge < -0.3 is 10.4 Å². The summed E-state index contributed by atoms with van der Waals surface area (Å²) in [5, 5.41) is 11.6. The summed E-state index contributed by atoms with van der Waals surface area (Å²) < 4.78 is 0. The van der Waals surface area contributed by atoms with Crippen LogP contribution < -0.4 is 5.32 Å². The molecule has 0 saturated carbocycles. The van der Waals surface area contributed by atoms with Gasteiger partial charge in [-0.15, -0.1) is 0 Å². The zero-order valence-electron chi connectivity index (χ0n) is 10.0. The summed E-state index contributed by atoms with van der Waals surface area (Å²) in [5.74, 6) is -1.06. The summed E-state index contributed by atoms with van der Waals surface area (Å²) >= 11 is 5.69. The lowest BCUT2D eigenvalue weighted by atomic mass is 10.1. The van der Waals surface area contributed by atoms with Gasteiger partial charge in [-0.3, -0.25) is 9.59 Å². The largest absolute Gasteiger partial charge is 0.481 e. The predicted octanol–water partition coefficient (Wildman–Crippen LogP) is 2.11. The molecule has 1 aromatic heterocycles. The van der Waals surface area contributed by atoms with E-state index < -0.39 is 5.97 Å². The fourth-order valence-electron chi connectivity index (χ4n) is 1.48. The minimum atomic E-state index is -0.825. The number of carboxylic acid groups (broad SMARTS) is 1. The average Bonchev–Trinajstić information content (AvgIpc) is 2.28. The highest BCUT2D eigenvalue weighted by Crippen LogP contribution is 2.08. The van der Waals surface area contributed by atoms with E-state index in [2.05, 4.69) is 10.3 Å². The maximum Gasteiger partial charge on any atom is 0.303 e. The molecule has 0 aromatic carbocycles. The molecule has 0 saturated heterocycles. The molecular formula is C12H15ClN2O3. The van der Waals surface area contributed by atoms with Crippen LogP contribution in [0.4, 0.5) is 0 Å². The fourth-order valence-corrected chi connectivity index (χ4v) is 1.66. The van der Waals surface area contributed by atoms with Crippen molar-refractivity contribution in [3.63, 3.8) is 0 Å². The Kier molecular flexibility index (Phi) is 5.58. The maximum absolute atomic E-state index is 11.8. The second kappa shape index (κ2) is 6.96. The first-order valence-electron chi connectivity index (χ1n) is 5.63. The van der Waals surface area contributed by atoms with Crippen LogP contribution in [0.15, 0.2) is 18.3 Å². The van der Waals surface area contributed by atoms with Crippen molar-refractivity contribution in [3.8, 4) is 0 Å². The standard InChI is InChI=1S/C12H15ClN2O3/c1-8(3-2-4-11(16)17)15-12(18)9-5-6-14-10(13)7-9/h5-8H,2-4H2,1H3,(H,15,18)(H,16,17). The molecule has 6 heteroatoms. The molecule has 1 amide bonds. The summed E-state index contributed by atoms with van der Waals surface area (Å²) in [6, 6.07) is 2.98. The normalized spacial score (nSPS) is 11.9. The number of nitrogens with zero attached hydrogens (tertiary/aromatic N) is 1. The minimum Gasteiger partial charge on any atom is -0.481 e. The Morgan fingerprint density at radius 2 is 2.28 bits per heavy atom. The van der Waals surface area contributed by atoms with Gasteiger partial charge in [0.15, 0.2) is 0 Å². The highest BCUT2D eigenvalue weighted by atomic mass is 35.5. The molecule has 0 aliphatic carbocycles. The number of aliphatic carboxylic acids is 1. The van der Waals surface area contributed by atoms with E-state index in [1.165, 1.54) is 12.3 Å². The first kappa shape index (κ1) is 14.4. The first-order chi connectivity index (χ1) is 8.49. The van der Waals surface area contributed by atoms with Crippen LogP contribution in [0.2, 0.25) is 5.15 Å². The summed E-state index contributed by atoms with van der Waals surface area (Å²) in [6.45, 7) is 1.84. The van der Waals surface area contributed by atoms with Crippen LogP contribution in [-0.2, 0) is 4.79 Å². The van der Waals surface area contributed by atoms with E-state index in [0.717, 1.165) is 0 Å². The molecule has 0 aliphatic heterocycles. The molecule has 18 heavy (non-hydrogen) atoms. The Labute approximate surface area is 110 Å². The number of hydrogen-bond donors (Lipinski definition) is 2. The maximum atomic E-state index is 11.8. The molecule has 0 spiro atoms. The Morgan fingerprint density at radius 3 is 2.89 bits per heavy atom. The van der Waals surface area contributed by atoms with Crippen molar-refractivity contribution in [2.75, 3.05) is 0 Å². The van der Waals surface area contributed by atoms with Crippen molar-refractivity contribution in [1.29, 1.82) is 0 Å². The number of aromatic nitrogens is 1. The SMILES string of the molecule is CC(CCCC(=O)O)NC(=O)c1ccnc(Cl)c1. The third-order valence-electron chi connectivity index (χ3n) is 2.39. The Balaban J connectivity index is 2.42. The lowest BCUT2D eigenvalue weighted by Gasteiger charge is -2.13. The number of carbonyl (C=O) groups is 2. The van der Waals surface area contributed by atoms with Crippen LogP contribution >= 0.6 is 11.6 Å². The highest BCUT2D eigenvalue weighted by molar-refractivity contribution is 6.29. The number of amides is 1. The summed E-state index contributed by atoms with van der Waals surface area (Å²) in [4.78, 5) is 25.9. The van der Waals surface area contributed by atoms with Crippen LogP contribution in [0.3, 0.4) is 0 Å². The molecular weight excluding hydrogens is 256 g/mol. The van der Waals surface area contributed by atoms with E-state index in [9.17, 15) is 9.59 Å². The Bertz CT molecular complexity index is 437. The smallest absolute Gasteiger partial charge is 0.303 e. The Morgan fingerprint density at radius 1 is 1.56 bits per heavy atom. The van der Waals surface area contributed by atoms with Crippen molar-refractivity contribution >= 4 is 23.5 Å². The van der Waals surface area contributed by atoms with Crippen molar-refractivity contribution in [2.24, 2.45) is 0 Å². The van der Waals surface area contributed by atoms with Gasteiger partial charge in [-0.2, -0.15) is 0 Å². The number of hydrogen-bond acceptors (Lipinski definition) is 3. The Hall–Kier alpha value is -1.62. The van der Waals surface area contributed by atoms with Crippen LogP contribution in [0.25, 0.3) is 0 Å². The number of carbonyl (C=O) groups excluding carboxylic acids is 1. The van der Waals surface area contributed by atoms with Crippen LogP contribution in [0.5, 0.6) is 0 Å².